The molecule has 2 aromatic rings. The molecule has 0 aromatic heterocycles. The molecule has 172 valence electrons. The number of benzene rings is 2. The van der Waals surface area contributed by atoms with Crippen LogP contribution < -0.4 is 21.5 Å². The predicted octanol–water partition coefficient (Wildman–Crippen LogP) is 2.66. The van der Waals surface area contributed by atoms with E-state index in [0.717, 1.165) is 50.6 Å². The zero-order chi connectivity index (χ0) is 22.7. The first-order chi connectivity index (χ1) is 15.4. The van der Waals surface area contributed by atoms with Gasteiger partial charge in [-0.05, 0) is 104 Å². The fourth-order valence-electron chi connectivity index (χ4n) is 4.82. The molecule has 1 amide bonds. The lowest BCUT2D eigenvalue weighted by atomic mass is 9.98. The van der Waals surface area contributed by atoms with Gasteiger partial charge in [-0.1, -0.05) is 12.5 Å². The normalized spacial score (nSPS) is 15.9. The summed E-state index contributed by atoms with van der Waals surface area (Å²) >= 11 is 0. The van der Waals surface area contributed by atoms with Crippen molar-refractivity contribution in [3.8, 4) is 0 Å². The van der Waals surface area contributed by atoms with E-state index in [1.165, 1.54) is 46.5 Å². The summed E-state index contributed by atoms with van der Waals surface area (Å²) < 4.78 is 28.5. The van der Waals surface area contributed by atoms with Crippen LogP contribution in [0.15, 0.2) is 35.2 Å². The summed E-state index contributed by atoms with van der Waals surface area (Å²) in [7, 11) is -3.87. The van der Waals surface area contributed by atoms with Gasteiger partial charge in [0.25, 0.3) is 0 Å². The van der Waals surface area contributed by atoms with Gasteiger partial charge in [-0.25, -0.2) is 8.42 Å². The van der Waals surface area contributed by atoms with Crippen LogP contribution in [0.25, 0.3) is 0 Å². The number of amides is 1. The Labute approximate surface area is 190 Å². The zero-order valence-corrected chi connectivity index (χ0v) is 19.1. The van der Waals surface area contributed by atoms with E-state index < -0.39 is 16.1 Å². The number of hydrogen-bond acceptors (Lipinski definition) is 5. The molecule has 0 heterocycles. The minimum Gasteiger partial charge on any atom is -0.399 e. The number of hydrogen-bond donors (Lipinski definition) is 4. The van der Waals surface area contributed by atoms with Crippen molar-refractivity contribution in [2.45, 2.75) is 68.7 Å². The van der Waals surface area contributed by atoms with Gasteiger partial charge >= 0.3 is 0 Å². The van der Waals surface area contributed by atoms with Crippen LogP contribution in [0.1, 0.15) is 54.4 Å². The van der Waals surface area contributed by atoms with Crippen molar-refractivity contribution in [3.63, 3.8) is 0 Å². The average molecular weight is 457 g/mol. The van der Waals surface area contributed by atoms with E-state index in [-0.39, 0.29) is 10.8 Å². The van der Waals surface area contributed by atoms with E-state index in [9.17, 15) is 13.2 Å². The van der Waals surface area contributed by atoms with Crippen molar-refractivity contribution < 1.29 is 13.2 Å². The number of aryl methyl sites for hydroxylation is 2. The first-order valence-electron chi connectivity index (χ1n) is 11.4. The minimum absolute atomic E-state index is 0.0878. The lowest BCUT2D eigenvalue weighted by Crippen LogP contribution is -2.44. The SMILES string of the molecule is NCCCC[C@H](NS(=O)(=O)c1ccc(N)cc1)C(=O)Nc1c2c(cc3c1CCC3)CCC2. The minimum atomic E-state index is -3.87. The molecule has 0 aliphatic heterocycles. The number of carbonyl (C=O) groups is 1. The van der Waals surface area contributed by atoms with Crippen LogP contribution >= 0.6 is 0 Å². The van der Waals surface area contributed by atoms with Gasteiger partial charge in [0.1, 0.15) is 6.04 Å². The molecule has 32 heavy (non-hydrogen) atoms. The van der Waals surface area contributed by atoms with Crippen LogP contribution in [-0.2, 0) is 40.5 Å². The molecule has 0 spiro atoms. The van der Waals surface area contributed by atoms with Gasteiger partial charge in [-0.2, -0.15) is 4.72 Å². The summed E-state index contributed by atoms with van der Waals surface area (Å²) in [5.74, 6) is -0.310. The van der Waals surface area contributed by atoms with Gasteiger partial charge in [0.05, 0.1) is 4.90 Å². The quantitative estimate of drug-likeness (QED) is 0.341. The van der Waals surface area contributed by atoms with E-state index in [1.807, 2.05) is 0 Å². The molecule has 0 radical (unpaired) electrons. The van der Waals surface area contributed by atoms with Crippen molar-refractivity contribution in [1.82, 2.24) is 4.72 Å². The number of fused-ring (bicyclic) bond motifs is 2. The van der Waals surface area contributed by atoms with Gasteiger partial charge in [0, 0.05) is 11.4 Å². The monoisotopic (exact) mass is 456 g/mol. The maximum absolute atomic E-state index is 13.4. The summed E-state index contributed by atoms with van der Waals surface area (Å²) in [6.45, 7) is 0.499. The number of rotatable bonds is 9. The van der Waals surface area contributed by atoms with Crippen molar-refractivity contribution in [1.29, 1.82) is 0 Å². The fourth-order valence-corrected chi connectivity index (χ4v) is 6.05. The molecule has 0 unspecified atom stereocenters. The first-order valence-corrected chi connectivity index (χ1v) is 12.9. The van der Waals surface area contributed by atoms with Crippen LogP contribution in [0.5, 0.6) is 0 Å². The second kappa shape index (κ2) is 9.60. The molecule has 7 nitrogen and oxygen atoms in total. The van der Waals surface area contributed by atoms with E-state index in [1.54, 1.807) is 0 Å². The molecular weight excluding hydrogens is 424 g/mol. The van der Waals surface area contributed by atoms with Crippen LogP contribution in [0, 0.1) is 0 Å². The lowest BCUT2D eigenvalue weighted by molar-refractivity contribution is -0.117. The van der Waals surface area contributed by atoms with Crippen molar-refractivity contribution in [3.05, 3.63) is 52.6 Å². The van der Waals surface area contributed by atoms with Gasteiger partial charge in [-0.15, -0.1) is 0 Å². The van der Waals surface area contributed by atoms with Crippen molar-refractivity contribution in [2.75, 3.05) is 17.6 Å². The number of anilines is 2. The average Bonchev–Trinajstić information content (AvgIpc) is 3.42. The summed E-state index contributed by atoms with van der Waals surface area (Å²) in [4.78, 5) is 13.5. The van der Waals surface area contributed by atoms with Crippen LogP contribution in [0.4, 0.5) is 11.4 Å². The third-order valence-corrected chi connectivity index (χ3v) is 7.96. The highest BCUT2D eigenvalue weighted by molar-refractivity contribution is 7.89. The van der Waals surface area contributed by atoms with Crippen LogP contribution in [0.3, 0.4) is 0 Å². The molecule has 1 atom stereocenters. The Morgan fingerprint density at radius 1 is 0.969 bits per heavy atom. The topological polar surface area (TPSA) is 127 Å². The fraction of sp³-hybridized carbons (Fsp3) is 0.458. The van der Waals surface area contributed by atoms with E-state index in [4.69, 9.17) is 11.5 Å². The Bertz CT molecular complexity index is 1060. The van der Waals surface area contributed by atoms with Gasteiger partial charge < -0.3 is 16.8 Å². The maximum atomic E-state index is 13.4. The second-order valence-corrected chi connectivity index (χ2v) is 10.5. The largest absolute Gasteiger partial charge is 0.399 e. The maximum Gasteiger partial charge on any atom is 0.242 e. The summed E-state index contributed by atoms with van der Waals surface area (Å²) in [5.41, 5.74) is 17.8. The Kier molecular flexibility index (Phi) is 6.83. The summed E-state index contributed by atoms with van der Waals surface area (Å²) in [6.07, 6.45) is 7.92. The highest BCUT2D eigenvalue weighted by Gasteiger charge is 2.29. The Balaban J connectivity index is 1.59. The van der Waals surface area contributed by atoms with Crippen LogP contribution in [0.2, 0.25) is 0 Å². The first kappa shape index (κ1) is 22.8. The Hall–Kier alpha value is -2.42. The third kappa shape index (κ3) is 4.82. The molecule has 8 heteroatoms. The van der Waals surface area contributed by atoms with Gasteiger partial charge in [0.15, 0.2) is 0 Å². The number of sulfonamides is 1. The standard InChI is InChI=1S/C24H32N4O3S/c25-14-2-1-9-22(28-32(30,31)19-12-10-18(26)11-13-19)24(29)27-23-20-7-3-5-16(20)15-17-6-4-8-21(17)23/h10-13,15,22,28H,1-9,14,25-26H2,(H,27,29)/t22-/m0/s1. The molecule has 0 saturated heterocycles. The van der Waals surface area contributed by atoms with E-state index >= 15 is 0 Å². The highest BCUT2D eigenvalue weighted by Crippen LogP contribution is 2.38. The summed E-state index contributed by atoms with van der Waals surface area (Å²) in [5, 5.41) is 3.14. The number of nitrogens with one attached hydrogen (secondary N) is 2. The molecule has 2 aliphatic rings. The Morgan fingerprint density at radius 3 is 2.19 bits per heavy atom. The molecule has 0 bridgehead atoms. The molecule has 4 rings (SSSR count). The van der Waals surface area contributed by atoms with Gasteiger partial charge in [-0.3, -0.25) is 4.79 Å². The molecular formula is C24H32N4O3S. The second-order valence-electron chi connectivity index (χ2n) is 8.75. The smallest absolute Gasteiger partial charge is 0.242 e. The van der Waals surface area contributed by atoms with Crippen LogP contribution in [-0.4, -0.2) is 26.9 Å². The summed E-state index contributed by atoms with van der Waals surface area (Å²) in [6, 6.07) is 7.40. The molecule has 6 N–H and O–H groups in total. The third-order valence-electron chi connectivity index (χ3n) is 6.47. The number of unbranched alkanes of at least 4 members (excludes halogenated alkanes) is 1. The molecule has 2 aliphatic carbocycles. The molecule has 0 saturated carbocycles. The molecule has 2 aromatic carbocycles. The van der Waals surface area contributed by atoms with E-state index in [2.05, 4.69) is 16.1 Å². The highest BCUT2D eigenvalue weighted by atomic mass is 32.2. The van der Waals surface area contributed by atoms with Crippen molar-refractivity contribution in [2.24, 2.45) is 5.73 Å². The molecule has 0 fully saturated rings. The number of nitrogens with two attached hydrogens (primary N) is 2. The Morgan fingerprint density at radius 2 is 1.59 bits per heavy atom. The van der Waals surface area contributed by atoms with Crippen molar-refractivity contribution >= 4 is 27.3 Å². The zero-order valence-electron chi connectivity index (χ0n) is 18.3. The predicted molar refractivity (Wildman–Crippen MR) is 127 cm³/mol. The van der Waals surface area contributed by atoms with E-state index in [0.29, 0.717) is 25.1 Å². The number of carbonyl (C=O) groups excluding carboxylic acids is 1. The lowest BCUT2D eigenvalue weighted by Gasteiger charge is -2.21. The van der Waals surface area contributed by atoms with Gasteiger partial charge in [0.2, 0.25) is 15.9 Å². The number of nitrogen functional groups attached to an aromatic ring is 1.